The summed E-state index contributed by atoms with van der Waals surface area (Å²) in [5.41, 5.74) is 0. The molecule has 3 heteroatoms. The van der Waals surface area contributed by atoms with Gasteiger partial charge in [0.25, 0.3) is 0 Å². The van der Waals surface area contributed by atoms with E-state index in [0.717, 1.165) is 31.4 Å². The highest BCUT2D eigenvalue weighted by molar-refractivity contribution is 4.79. The van der Waals surface area contributed by atoms with Crippen molar-refractivity contribution >= 4 is 0 Å². The first kappa shape index (κ1) is 13.9. The van der Waals surface area contributed by atoms with E-state index in [2.05, 4.69) is 19.2 Å². The quantitative estimate of drug-likeness (QED) is 0.654. The molecule has 0 amide bonds. The minimum absolute atomic E-state index is 0.130. The molecule has 96 valence electrons. The number of ether oxygens (including phenoxy) is 1. The molecule has 0 bridgehead atoms. The molecule has 2 atom stereocenters. The van der Waals surface area contributed by atoms with Crippen LogP contribution in [0, 0.1) is 11.8 Å². The molecule has 1 saturated carbocycles. The lowest BCUT2D eigenvalue weighted by atomic mass is 9.80. The second-order valence-electron chi connectivity index (χ2n) is 5.26. The van der Waals surface area contributed by atoms with Crippen LogP contribution in [0.3, 0.4) is 0 Å². The number of rotatable bonds is 7. The molecule has 1 rings (SSSR count). The Morgan fingerprint density at radius 1 is 1.12 bits per heavy atom. The van der Waals surface area contributed by atoms with Crippen molar-refractivity contribution in [2.45, 2.75) is 45.6 Å². The lowest BCUT2D eigenvalue weighted by Gasteiger charge is -2.32. The molecule has 16 heavy (non-hydrogen) atoms. The molecule has 1 aliphatic rings. The number of hydrogen-bond acceptors (Lipinski definition) is 3. The first-order valence-electron chi connectivity index (χ1n) is 6.64. The summed E-state index contributed by atoms with van der Waals surface area (Å²) in [5, 5.41) is 12.2. The van der Waals surface area contributed by atoms with Gasteiger partial charge < -0.3 is 15.2 Å². The van der Waals surface area contributed by atoms with E-state index in [1.807, 2.05) is 0 Å². The van der Waals surface area contributed by atoms with E-state index in [9.17, 15) is 0 Å². The normalized spacial score (nSPS) is 30.6. The highest BCUT2D eigenvalue weighted by Crippen LogP contribution is 2.28. The van der Waals surface area contributed by atoms with Crippen LogP contribution in [0.4, 0.5) is 0 Å². The largest absolute Gasteiger partial charge is 0.394 e. The van der Waals surface area contributed by atoms with Crippen molar-refractivity contribution in [3.05, 3.63) is 0 Å². The van der Waals surface area contributed by atoms with E-state index in [1.165, 1.54) is 19.3 Å². The first-order valence-corrected chi connectivity index (χ1v) is 6.64. The van der Waals surface area contributed by atoms with Crippen molar-refractivity contribution in [2.24, 2.45) is 11.8 Å². The highest BCUT2D eigenvalue weighted by atomic mass is 16.5. The minimum Gasteiger partial charge on any atom is -0.394 e. The Balaban J connectivity index is 1.99. The molecule has 0 saturated heterocycles. The molecule has 0 aromatic carbocycles. The Labute approximate surface area is 99.6 Å². The minimum atomic E-state index is 0.130. The molecule has 0 aliphatic heterocycles. The maximum Gasteiger partial charge on any atom is 0.0697 e. The van der Waals surface area contributed by atoms with Crippen LogP contribution in [0.2, 0.25) is 0 Å². The topological polar surface area (TPSA) is 41.5 Å². The molecular weight excluding hydrogens is 202 g/mol. The standard InChI is InChI=1S/C13H27NO2/c1-11-8-12(2)10-13(9-11)14-4-3-6-16-7-5-15/h11-15H,3-10H2,1-2H3. The second kappa shape index (κ2) is 8.04. The smallest absolute Gasteiger partial charge is 0.0697 e. The van der Waals surface area contributed by atoms with Crippen LogP contribution in [-0.4, -0.2) is 37.5 Å². The first-order chi connectivity index (χ1) is 7.72. The molecule has 0 aromatic rings. The third-order valence-corrected chi connectivity index (χ3v) is 3.31. The molecule has 1 fully saturated rings. The zero-order valence-electron chi connectivity index (χ0n) is 10.7. The van der Waals surface area contributed by atoms with Crippen LogP contribution >= 0.6 is 0 Å². The lowest BCUT2D eigenvalue weighted by molar-refractivity contribution is 0.0897. The monoisotopic (exact) mass is 229 g/mol. The summed E-state index contributed by atoms with van der Waals surface area (Å²) in [6.07, 6.45) is 5.07. The van der Waals surface area contributed by atoms with E-state index >= 15 is 0 Å². The van der Waals surface area contributed by atoms with Crippen LogP contribution in [0.15, 0.2) is 0 Å². The fraction of sp³-hybridized carbons (Fsp3) is 1.00. The van der Waals surface area contributed by atoms with E-state index in [-0.39, 0.29) is 6.61 Å². The average Bonchev–Trinajstić information content (AvgIpc) is 2.22. The van der Waals surface area contributed by atoms with Crippen molar-refractivity contribution in [1.82, 2.24) is 5.32 Å². The van der Waals surface area contributed by atoms with Gasteiger partial charge in [-0.3, -0.25) is 0 Å². The van der Waals surface area contributed by atoms with Gasteiger partial charge in [-0.1, -0.05) is 13.8 Å². The van der Waals surface area contributed by atoms with E-state index in [4.69, 9.17) is 9.84 Å². The lowest BCUT2D eigenvalue weighted by Crippen LogP contribution is -2.37. The average molecular weight is 229 g/mol. The van der Waals surface area contributed by atoms with Gasteiger partial charge in [-0.15, -0.1) is 0 Å². The Bertz CT molecular complexity index is 165. The Morgan fingerprint density at radius 3 is 2.44 bits per heavy atom. The summed E-state index contributed by atoms with van der Waals surface area (Å²) < 4.78 is 5.22. The summed E-state index contributed by atoms with van der Waals surface area (Å²) >= 11 is 0. The molecule has 0 radical (unpaired) electrons. The van der Waals surface area contributed by atoms with E-state index < -0.39 is 0 Å². The summed E-state index contributed by atoms with van der Waals surface area (Å²) in [5.74, 6) is 1.73. The number of hydrogen-bond donors (Lipinski definition) is 2. The van der Waals surface area contributed by atoms with Crippen molar-refractivity contribution in [1.29, 1.82) is 0 Å². The van der Waals surface area contributed by atoms with Gasteiger partial charge >= 0.3 is 0 Å². The van der Waals surface area contributed by atoms with Gasteiger partial charge in [-0.05, 0) is 44.1 Å². The molecule has 0 aromatic heterocycles. The van der Waals surface area contributed by atoms with Crippen LogP contribution in [0.1, 0.15) is 39.5 Å². The van der Waals surface area contributed by atoms with Gasteiger partial charge in [-0.25, -0.2) is 0 Å². The van der Waals surface area contributed by atoms with Gasteiger partial charge in [0, 0.05) is 12.6 Å². The highest BCUT2D eigenvalue weighted by Gasteiger charge is 2.22. The molecule has 0 heterocycles. The Kier molecular flexibility index (Phi) is 7.01. The molecule has 0 spiro atoms. The van der Waals surface area contributed by atoms with Gasteiger partial charge in [0.15, 0.2) is 0 Å². The van der Waals surface area contributed by atoms with Crippen LogP contribution < -0.4 is 5.32 Å². The molecule has 2 unspecified atom stereocenters. The summed E-state index contributed by atoms with van der Waals surface area (Å²) in [4.78, 5) is 0. The SMILES string of the molecule is CC1CC(C)CC(NCCCOCCO)C1. The maximum absolute atomic E-state index is 8.54. The van der Waals surface area contributed by atoms with Gasteiger partial charge in [0.2, 0.25) is 0 Å². The predicted octanol–water partition coefficient (Wildman–Crippen LogP) is 1.80. The van der Waals surface area contributed by atoms with Gasteiger partial charge in [-0.2, -0.15) is 0 Å². The Hall–Kier alpha value is -0.120. The summed E-state index contributed by atoms with van der Waals surface area (Å²) in [6.45, 7) is 7.10. The van der Waals surface area contributed by atoms with E-state index in [1.54, 1.807) is 0 Å². The summed E-state index contributed by atoms with van der Waals surface area (Å²) in [6, 6.07) is 0.705. The van der Waals surface area contributed by atoms with Crippen molar-refractivity contribution in [3.63, 3.8) is 0 Å². The van der Waals surface area contributed by atoms with Crippen LogP contribution in [0.25, 0.3) is 0 Å². The zero-order valence-corrected chi connectivity index (χ0v) is 10.7. The summed E-state index contributed by atoms with van der Waals surface area (Å²) in [7, 11) is 0. The van der Waals surface area contributed by atoms with Crippen molar-refractivity contribution < 1.29 is 9.84 Å². The predicted molar refractivity (Wildman–Crippen MR) is 66.5 cm³/mol. The van der Waals surface area contributed by atoms with Crippen LogP contribution in [-0.2, 0) is 4.74 Å². The third kappa shape index (κ3) is 5.83. The Morgan fingerprint density at radius 2 is 1.81 bits per heavy atom. The molecular formula is C13H27NO2. The van der Waals surface area contributed by atoms with Gasteiger partial charge in [0.05, 0.1) is 13.2 Å². The fourth-order valence-electron chi connectivity index (χ4n) is 2.76. The zero-order chi connectivity index (χ0) is 11.8. The van der Waals surface area contributed by atoms with Gasteiger partial charge in [0.1, 0.15) is 0 Å². The van der Waals surface area contributed by atoms with Crippen molar-refractivity contribution in [2.75, 3.05) is 26.4 Å². The number of aliphatic hydroxyl groups is 1. The molecule has 3 nitrogen and oxygen atoms in total. The fourth-order valence-corrected chi connectivity index (χ4v) is 2.76. The van der Waals surface area contributed by atoms with E-state index in [0.29, 0.717) is 12.6 Å². The van der Waals surface area contributed by atoms with Crippen molar-refractivity contribution in [3.8, 4) is 0 Å². The maximum atomic E-state index is 8.54. The number of nitrogens with one attached hydrogen (secondary N) is 1. The van der Waals surface area contributed by atoms with Crippen LogP contribution in [0.5, 0.6) is 0 Å². The number of aliphatic hydroxyl groups excluding tert-OH is 1. The molecule has 1 aliphatic carbocycles. The second-order valence-corrected chi connectivity index (χ2v) is 5.26. The molecule has 2 N–H and O–H groups in total. The third-order valence-electron chi connectivity index (χ3n) is 3.31.